The van der Waals surface area contributed by atoms with Gasteiger partial charge in [0.2, 0.25) is 0 Å². The van der Waals surface area contributed by atoms with Crippen LogP contribution in [0.25, 0.3) is 6.08 Å². The lowest BCUT2D eigenvalue weighted by atomic mass is 9.69. The molecule has 0 saturated heterocycles. The van der Waals surface area contributed by atoms with E-state index in [0.29, 0.717) is 5.57 Å². The van der Waals surface area contributed by atoms with Gasteiger partial charge in [0.15, 0.2) is 5.78 Å². The van der Waals surface area contributed by atoms with Gasteiger partial charge in [0, 0.05) is 16.4 Å². The van der Waals surface area contributed by atoms with Crippen LogP contribution in [0.5, 0.6) is 0 Å². The van der Waals surface area contributed by atoms with Gasteiger partial charge in [-0.05, 0) is 30.4 Å². The minimum atomic E-state index is -1.01. The van der Waals surface area contributed by atoms with E-state index in [1.807, 2.05) is 36.4 Å². The zero-order valence-electron chi connectivity index (χ0n) is 14.7. The first kappa shape index (κ1) is 16.4. The van der Waals surface area contributed by atoms with Gasteiger partial charge in [-0.3, -0.25) is 4.79 Å². The van der Waals surface area contributed by atoms with Crippen LogP contribution in [-0.4, -0.2) is 16.5 Å². The Morgan fingerprint density at radius 3 is 2.43 bits per heavy atom. The van der Waals surface area contributed by atoms with Gasteiger partial charge in [-0.1, -0.05) is 70.9 Å². The number of Topliss-reactive ketones (excluding diaryl/α,β-unsaturated/α-hetero) is 1. The highest BCUT2D eigenvalue weighted by Crippen LogP contribution is 2.70. The first-order valence-corrected chi connectivity index (χ1v) is 8.83. The molecule has 2 aliphatic rings. The van der Waals surface area contributed by atoms with Crippen LogP contribution < -0.4 is 0 Å². The Kier molecular flexibility index (Phi) is 3.79. The summed E-state index contributed by atoms with van der Waals surface area (Å²) in [4.78, 5) is 13.1. The summed E-state index contributed by atoms with van der Waals surface area (Å²) in [6, 6.07) is 9.89. The number of aliphatic hydroxyl groups is 1. The molecule has 2 aliphatic carbocycles. The van der Waals surface area contributed by atoms with E-state index in [-0.39, 0.29) is 11.7 Å². The molecule has 3 unspecified atom stereocenters. The molecule has 2 fully saturated rings. The molecule has 0 amide bonds. The fourth-order valence-electron chi connectivity index (χ4n) is 4.88. The van der Waals surface area contributed by atoms with Gasteiger partial charge in [0.05, 0.1) is 0 Å². The van der Waals surface area contributed by atoms with Crippen molar-refractivity contribution in [2.75, 3.05) is 0 Å². The molecule has 0 radical (unpaired) electrons. The van der Waals surface area contributed by atoms with Crippen molar-refractivity contribution in [3.63, 3.8) is 0 Å². The second kappa shape index (κ2) is 5.31. The molecule has 2 nitrogen and oxygen atoms in total. The SMILES string of the molecule is CCCCC1CC2(C)C(=O)C(=Cc3ccccc3)C1(O)C2(C)C. The predicted molar refractivity (Wildman–Crippen MR) is 93.9 cm³/mol. The van der Waals surface area contributed by atoms with Crippen LogP contribution in [-0.2, 0) is 4.79 Å². The average Bonchev–Trinajstić information content (AvgIpc) is 2.75. The summed E-state index contributed by atoms with van der Waals surface area (Å²) in [5, 5.41) is 11.7. The highest BCUT2D eigenvalue weighted by Gasteiger charge is 2.75. The quantitative estimate of drug-likeness (QED) is 0.823. The third kappa shape index (κ3) is 2.00. The maximum atomic E-state index is 13.1. The average molecular weight is 312 g/mol. The van der Waals surface area contributed by atoms with Crippen molar-refractivity contribution >= 4 is 11.9 Å². The van der Waals surface area contributed by atoms with Gasteiger partial charge >= 0.3 is 0 Å². The Labute approximate surface area is 139 Å². The van der Waals surface area contributed by atoms with Crippen LogP contribution in [0.15, 0.2) is 35.9 Å². The minimum Gasteiger partial charge on any atom is -0.384 e. The van der Waals surface area contributed by atoms with E-state index >= 15 is 0 Å². The molecule has 0 aliphatic heterocycles. The van der Waals surface area contributed by atoms with Crippen LogP contribution in [0, 0.1) is 16.7 Å². The summed E-state index contributed by atoms with van der Waals surface area (Å²) in [6.07, 6.45) is 5.95. The lowest BCUT2D eigenvalue weighted by Crippen LogP contribution is -2.45. The maximum absolute atomic E-state index is 13.1. The van der Waals surface area contributed by atoms with Gasteiger partial charge in [-0.15, -0.1) is 0 Å². The third-order valence-corrected chi connectivity index (χ3v) is 6.75. The standard InChI is InChI=1S/C21H28O2/c1-5-6-12-16-14-20(4)18(22)17(21(16,23)19(20,2)3)13-15-10-8-7-9-11-15/h7-11,13,16,23H,5-6,12,14H2,1-4H3. The van der Waals surface area contributed by atoms with E-state index in [9.17, 15) is 9.90 Å². The maximum Gasteiger partial charge on any atom is 0.168 e. The summed E-state index contributed by atoms with van der Waals surface area (Å²) < 4.78 is 0. The van der Waals surface area contributed by atoms with Crippen molar-refractivity contribution in [3.8, 4) is 0 Å². The van der Waals surface area contributed by atoms with Crippen LogP contribution in [0.2, 0.25) is 0 Å². The van der Waals surface area contributed by atoms with E-state index in [1.165, 1.54) is 0 Å². The second-order valence-electron chi connectivity index (χ2n) is 8.06. The van der Waals surface area contributed by atoms with Crippen molar-refractivity contribution in [2.45, 2.75) is 59.0 Å². The molecule has 1 N–H and O–H groups in total. The first-order chi connectivity index (χ1) is 10.8. The normalized spacial score (nSPS) is 36.8. The Morgan fingerprint density at radius 1 is 1.22 bits per heavy atom. The molecule has 0 aromatic heterocycles. The number of fused-ring (bicyclic) bond motifs is 2. The highest BCUT2D eigenvalue weighted by atomic mass is 16.3. The largest absolute Gasteiger partial charge is 0.384 e. The monoisotopic (exact) mass is 312 g/mol. The van der Waals surface area contributed by atoms with Crippen LogP contribution in [0.3, 0.4) is 0 Å². The molecule has 1 aromatic carbocycles. The van der Waals surface area contributed by atoms with Crippen molar-refractivity contribution in [3.05, 3.63) is 41.5 Å². The van der Waals surface area contributed by atoms with Crippen LogP contribution in [0.4, 0.5) is 0 Å². The predicted octanol–water partition coefficient (Wildman–Crippen LogP) is 4.63. The summed E-state index contributed by atoms with van der Waals surface area (Å²) in [5.74, 6) is 0.316. The van der Waals surface area contributed by atoms with Crippen molar-refractivity contribution in [1.82, 2.24) is 0 Å². The minimum absolute atomic E-state index is 0.140. The number of unbranched alkanes of at least 4 members (excludes halogenated alkanes) is 1. The zero-order chi connectivity index (χ0) is 16.9. The summed E-state index contributed by atoms with van der Waals surface area (Å²) in [6.45, 7) is 8.37. The molecule has 0 spiro atoms. The molecule has 124 valence electrons. The van der Waals surface area contributed by atoms with Crippen LogP contribution >= 0.6 is 0 Å². The number of hydrogen-bond donors (Lipinski definition) is 1. The van der Waals surface area contributed by atoms with Crippen LogP contribution in [0.1, 0.15) is 58.9 Å². The van der Waals surface area contributed by atoms with Gasteiger partial charge < -0.3 is 5.11 Å². The fourth-order valence-corrected chi connectivity index (χ4v) is 4.88. The first-order valence-electron chi connectivity index (χ1n) is 8.83. The molecule has 3 atom stereocenters. The summed E-state index contributed by atoms with van der Waals surface area (Å²) in [7, 11) is 0. The van der Waals surface area contributed by atoms with Crippen molar-refractivity contribution in [1.29, 1.82) is 0 Å². The summed E-state index contributed by atoms with van der Waals surface area (Å²) >= 11 is 0. The number of benzene rings is 1. The Bertz CT molecular complexity index is 643. The van der Waals surface area contributed by atoms with Gasteiger partial charge in [0.1, 0.15) is 5.60 Å². The molecule has 1 aromatic rings. The van der Waals surface area contributed by atoms with Gasteiger partial charge in [0.25, 0.3) is 0 Å². The second-order valence-corrected chi connectivity index (χ2v) is 8.06. The Hall–Kier alpha value is -1.41. The molecule has 3 rings (SSSR count). The lowest BCUT2D eigenvalue weighted by molar-refractivity contribution is -0.125. The topological polar surface area (TPSA) is 37.3 Å². The highest BCUT2D eigenvalue weighted by molar-refractivity contribution is 6.10. The number of hydrogen-bond acceptors (Lipinski definition) is 2. The Balaban J connectivity index is 2.10. The zero-order valence-corrected chi connectivity index (χ0v) is 14.7. The van der Waals surface area contributed by atoms with Gasteiger partial charge in [-0.2, -0.15) is 0 Å². The van der Waals surface area contributed by atoms with Crippen molar-refractivity contribution in [2.24, 2.45) is 16.7 Å². The number of carbonyl (C=O) groups excluding carboxylic acids is 1. The van der Waals surface area contributed by atoms with Gasteiger partial charge in [-0.25, -0.2) is 0 Å². The van der Waals surface area contributed by atoms with E-state index in [2.05, 4.69) is 27.7 Å². The smallest absolute Gasteiger partial charge is 0.168 e. The molecule has 2 saturated carbocycles. The Morgan fingerprint density at radius 2 is 1.87 bits per heavy atom. The summed E-state index contributed by atoms with van der Waals surface area (Å²) in [5.41, 5.74) is -0.269. The lowest BCUT2D eigenvalue weighted by Gasteiger charge is -2.38. The van der Waals surface area contributed by atoms with E-state index in [4.69, 9.17) is 0 Å². The molecule has 2 heteroatoms. The number of carbonyl (C=O) groups is 1. The fraction of sp³-hybridized carbons (Fsp3) is 0.571. The number of rotatable bonds is 4. The molecule has 0 heterocycles. The molecular formula is C21H28O2. The molecular weight excluding hydrogens is 284 g/mol. The molecule has 23 heavy (non-hydrogen) atoms. The number of ketones is 1. The third-order valence-electron chi connectivity index (χ3n) is 6.75. The van der Waals surface area contributed by atoms with E-state index in [1.54, 1.807) is 0 Å². The van der Waals surface area contributed by atoms with E-state index in [0.717, 1.165) is 31.2 Å². The molecule has 2 bridgehead atoms. The van der Waals surface area contributed by atoms with Crippen molar-refractivity contribution < 1.29 is 9.90 Å². The van der Waals surface area contributed by atoms with E-state index < -0.39 is 16.4 Å².